The first-order chi connectivity index (χ1) is 8.56. The Morgan fingerprint density at radius 1 is 1.28 bits per heavy atom. The van der Waals surface area contributed by atoms with Crippen molar-refractivity contribution in [3.8, 4) is 5.75 Å². The number of aliphatic carboxylic acids is 2. The third-order valence-electron chi connectivity index (χ3n) is 2.02. The molecule has 0 aliphatic heterocycles. The highest BCUT2D eigenvalue weighted by atomic mass is 16.5. The van der Waals surface area contributed by atoms with Gasteiger partial charge in [0.1, 0.15) is 5.75 Å². The highest BCUT2D eigenvalue weighted by molar-refractivity contribution is 6.12. The lowest BCUT2D eigenvalue weighted by Gasteiger charge is -2.09. The highest BCUT2D eigenvalue weighted by Gasteiger charge is 2.15. The third-order valence-corrected chi connectivity index (χ3v) is 2.02. The van der Waals surface area contributed by atoms with Gasteiger partial charge in [-0.2, -0.15) is 0 Å². The van der Waals surface area contributed by atoms with E-state index in [4.69, 9.17) is 14.9 Å². The Labute approximate surface area is 104 Å². The van der Waals surface area contributed by atoms with Crippen LogP contribution in [0.1, 0.15) is 6.92 Å². The molecule has 0 atom stereocenters. The molecule has 0 unspecified atom stereocenters. The van der Waals surface area contributed by atoms with Gasteiger partial charge in [-0.1, -0.05) is 12.1 Å². The molecule has 0 aliphatic rings. The molecular formula is C12H13NO5. The Morgan fingerprint density at radius 2 is 1.89 bits per heavy atom. The van der Waals surface area contributed by atoms with Crippen molar-refractivity contribution in [1.29, 1.82) is 0 Å². The SMILES string of the molecule is CCOc1ccccc1NC=C(C(=O)O)C(=O)O. The number of carboxylic acid groups (broad SMARTS) is 2. The van der Waals surface area contributed by atoms with E-state index in [1.807, 2.05) is 6.92 Å². The Kier molecular flexibility index (Phi) is 4.74. The van der Waals surface area contributed by atoms with Crippen LogP contribution in [0.5, 0.6) is 5.75 Å². The van der Waals surface area contributed by atoms with Crippen molar-refractivity contribution in [2.75, 3.05) is 11.9 Å². The Balaban J connectivity index is 2.93. The molecule has 96 valence electrons. The summed E-state index contributed by atoms with van der Waals surface area (Å²) in [5.74, 6) is -2.50. The number of carbonyl (C=O) groups is 2. The summed E-state index contributed by atoms with van der Waals surface area (Å²) in [4.78, 5) is 21.3. The van der Waals surface area contributed by atoms with Crippen molar-refractivity contribution < 1.29 is 24.5 Å². The standard InChI is InChI=1S/C12H13NO5/c1-2-18-10-6-4-3-5-9(10)13-7-8(11(14)15)12(16)17/h3-7,13H,2H2,1H3,(H,14,15)(H,16,17). The van der Waals surface area contributed by atoms with E-state index >= 15 is 0 Å². The lowest BCUT2D eigenvalue weighted by Crippen LogP contribution is -2.13. The van der Waals surface area contributed by atoms with E-state index in [1.54, 1.807) is 24.3 Å². The predicted octanol–water partition coefficient (Wildman–Crippen LogP) is 1.55. The van der Waals surface area contributed by atoms with Crippen LogP contribution in [0.25, 0.3) is 0 Å². The van der Waals surface area contributed by atoms with Gasteiger partial charge in [-0.05, 0) is 19.1 Å². The molecule has 1 aromatic rings. The van der Waals surface area contributed by atoms with Crippen LogP contribution in [0.4, 0.5) is 5.69 Å². The number of anilines is 1. The van der Waals surface area contributed by atoms with E-state index in [-0.39, 0.29) is 0 Å². The van der Waals surface area contributed by atoms with Crippen LogP contribution in [0.3, 0.4) is 0 Å². The molecule has 0 heterocycles. The van der Waals surface area contributed by atoms with Crippen LogP contribution >= 0.6 is 0 Å². The summed E-state index contributed by atoms with van der Waals surface area (Å²) in [5.41, 5.74) is -0.249. The summed E-state index contributed by atoms with van der Waals surface area (Å²) in [6.07, 6.45) is 0.919. The minimum Gasteiger partial charge on any atom is -0.492 e. The predicted molar refractivity (Wildman–Crippen MR) is 64.6 cm³/mol. The van der Waals surface area contributed by atoms with Gasteiger partial charge in [0.05, 0.1) is 12.3 Å². The Morgan fingerprint density at radius 3 is 2.44 bits per heavy atom. The summed E-state index contributed by atoms with van der Waals surface area (Å²) in [6, 6.07) is 6.83. The maximum absolute atomic E-state index is 10.7. The van der Waals surface area contributed by atoms with E-state index in [2.05, 4.69) is 5.32 Å². The minimum atomic E-state index is -1.51. The molecule has 0 amide bonds. The fourth-order valence-corrected chi connectivity index (χ4v) is 1.23. The fraction of sp³-hybridized carbons (Fsp3) is 0.167. The van der Waals surface area contributed by atoms with Gasteiger partial charge in [-0.3, -0.25) is 0 Å². The number of hydrogen-bond acceptors (Lipinski definition) is 4. The molecule has 18 heavy (non-hydrogen) atoms. The van der Waals surface area contributed by atoms with Gasteiger partial charge in [-0.25, -0.2) is 9.59 Å². The Bertz CT molecular complexity index is 465. The maximum atomic E-state index is 10.7. The largest absolute Gasteiger partial charge is 0.492 e. The molecule has 3 N–H and O–H groups in total. The summed E-state index contributed by atoms with van der Waals surface area (Å²) >= 11 is 0. The quantitative estimate of drug-likeness (QED) is 0.403. The highest BCUT2D eigenvalue weighted by Crippen LogP contribution is 2.23. The number of nitrogens with one attached hydrogen (secondary N) is 1. The second-order valence-corrected chi connectivity index (χ2v) is 3.24. The molecule has 0 radical (unpaired) electrons. The van der Waals surface area contributed by atoms with Gasteiger partial charge in [0, 0.05) is 6.20 Å². The molecule has 1 aromatic carbocycles. The van der Waals surface area contributed by atoms with Gasteiger partial charge in [0.2, 0.25) is 0 Å². The average molecular weight is 251 g/mol. The molecule has 0 saturated heterocycles. The van der Waals surface area contributed by atoms with Crippen LogP contribution in [-0.2, 0) is 9.59 Å². The van der Waals surface area contributed by atoms with Crippen molar-refractivity contribution >= 4 is 17.6 Å². The van der Waals surface area contributed by atoms with Crippen LogP contribution in [-0.4, -0.2) is 28.8 Å². The number of benzene rings is 1. The summed E-state index contributed by atoms with van der Waals surface area (Å²) in [5, 5.41) is 20.0. The fourth-order valence-electron chi connectivity index (χ4n) is 1.23. The molecule has 0 saturated carbocycles. The molecular weight excluding hydrogens is 238 g/mol. The number of para-hydroxylation sites is 2. The van der Waals surface area contributed by atoms with E-state index in [0.717, 1.165) is 6.20 Å². The Hall–Kier alpha value is -2.50. The first kappa shape index (κ1) is 13.6. The zero-order valence-corrected chi connectivity index (χ0v) is 9.71. The average Bonchev–Trinajstić information content (AvgIpc) is 2.31. The lowest BCUT2D eigenvalue weighted by atomic mass is 10.2. The van der Waals surface area contributed by atoms with E-state index < -0.39 is 17.5 Å². The molecule has 0 aliphatic carbocycles. The zero-order valence-electron chi connectivity index (χ0n) is 9.71. The molecule has 1 rings (SSSR count). The van der Waals surface area contributed by atoms with Crippen molar-refractivity contribution in [3.05, 3.63) is 36.0 Å². The lowest BCUT2D eigenvalue weighted by molar-refractivity contribution is -0.140. The van der Waals surface area contributed by atoms with Crippen molar-refractivity contribution in [2.45, 2.75) is 6.92 Å². The minimum absolute atomic E-state index is 0.452. The van der Waals surface area contributed by atoms with E-state index in [0.29, 0.717) is 18.0 Å². The molecule has 0 spiro atoms. The number of carboxylic acids is 2. The van der Waals surface area contributed by atoms with Gasteiger partial charge in [-0.15, -0.1) is 0 Å². The van der Waals surface area contributed by atoms with Crippen LogP contribution in [0.15, 0.2) is 36.0 Å². The molecule has 0 aromatic heterocycles. The van der Waals surface area contributed by atoms with Crippen LogP contribution in [0.2, 0.25) is 0 Å². The monoisotopic (exact) mass is 251 g/mol. The first-order valence-corrected chi connectivity index (χ1v) is 5.21. The number of hydrogen-bond donors (Lipinski definition) is 3. The summed E-state index contributed by atoms with van der Waals surface area (Å²) in [6.45, 7) is 2.26. The topological polar surface area (TPSA) is 95.9 Å². The second-order valence-electron chi connectivity index (χ2n) is 3.24. The third kappa shape index (κ3) is 3.51. The normalized spacial score (nSPS) is 9.39. The maximum Gasteiger partial charge on any atom is 0.344 e. The first-order valence-electron chi connectivity index (χ1n) is 5.21. The molecule has 0 fully saturated rings. The van der Waals surface area contributed by atoms with Crippen LogP contribution in [0, 0.1) is 0 Å². The van der Waals surface area contributed by atoms with Crippen molar-refractivity contribution in [2.24, 2.45) is 0 Å². The number of rotatable bonds is 6. The van der Waals surface area contributed by atoms with Crippen molar-refractivity contribution in [3.63, 3.8) is 0 Å². The second kappa shape index (κ2) is 6.29. The van der Waals surface area contributed by atoms with Crippen molar-refractivity contribution in [1.82, 2.24) is 0 Å². The van der Waals surface area contributed by atoms with E-state index in [9.17, 15) is 9.59 Å². The summed E-state index contributed by atoms with van der Waals surface area (Å²) in [7, 11) is 0. The number of ether oxygens (including phenoxy) is 1. The van der Waals surface area contributed by atoms with E-state index in [1.165, 1.54) is 0 Å². The zero-order chi connectivity index (χ0) is 13.5. The molecule has 6 heteroatoms. The van der Waals surface area contributed by atoms with Gasteiger partial charge in [0.25, 0.3) is 0 Å². The van der Waals surface area contributed by atoms with Gasteiger partial charge >= 0.3 is 11.9 Å². The van der Waals surface area contributed by atoms with Crippen LogP contribution < -0.4 is 10.1 Å². The molecule has 6 nitrogen and oxygen atoms in total. The molecule has 0 bridgehead atoms. The van der Waals surface area contributed by atoms with Gasteiger partial charge in [0.15, 0.2) is 5.57 Å². The summed E-state index contributed by atoms with van der Waals surface area (Å²) < 4.78 is 5.30. The van der Waals surface area contributed by atoms with Gasteiger partial charge < -0.3 is 20.3 Å². The smallest absolute Gasteiger partial charge is 0.344 e.